The van der Waals surface area contributed by atoms with E-state index in [2.05, 4.69) is 0 Å². The van der Waals surface area contributed by atoms with E-state index in [1.807, 2.05) is 15.5 Å². The Balaban J connectivity index is 1.24. The van der Waals surface area contributed by atoms with Crippen LogP contribution in [0, 0.1) is 5.92 Å². The van der Waals surface area contributed by atoms with Crippen LogP contribution >= 0.6 is 11.6 Å². The molecule has 8 heteroatoms. The lowest BCUT2D eigenvalue weighted by atomic mass is 9.83. The number of fused-ring (bicyclic) bond motifs is 7. The van der Waals surface area contributed by atoms with Gasteiger partial charge in [0.25, 0.3) is 11.5 Å². The molecule has 2 bridgehead atoms. The van der Waals surface area contributed by atoms with E-state index in [4.69, 9.17) is 20.8 Å². The molecule has 4 heterocycles. The summed E-state index contributed by atoms with van der Waals surface area (Å²) in [5.74, 6) is 0.583. The summed E-state index contributed by atoms with van der Waals surface area (Å²) in [4.78, 5) is 39.7. The van der Waals surface area contributed by atoms with Crippen molar-refractivity contribution in [3.8, 4) is 5.75 Å². The molecule has 0 saturated carbocycles. The summed E-state index contributed by atoms with van der Waals surface area (Å²) in [5.41, 5.74) is 2.88. The van der Waals surface area contributed by atoms with Gasteiger partial charge in [0.2, 0.25) is 0 Å². The van der Waals surface area contributed by atoms with E-state index in [-0.39, 0.29) is 28.9 Å². The third-order valence-electron chi connectivity index (χ3n) is 7.47. The van der Waals surface area contributed by atoms with Crippen LogP contribution in [0.3, 0.4) is 0 Å². The van der Waals surface area contributed by atoms with Crippen molar-refractivity contribution in [2.75, 3.05) is 13.1 Å². The van der Waals surface area contributed by atoms with E-state index in [1.165, 1.54) is 0 Å². The highest BCUT2D eigenvalue weighted by Crippen LogP contribution is 2.37. The van der Waals surface area contributed by atoms with Gasteiger partial charge in [-0.1, -0.05) is 17.7 Å². The number of pyridine rings is 1. The second-order valence-electron chi connectivity index (χ2n) is 9.68. The van der Waals surface area contributed by atoms with E-state index >= 15 is 0 Å². The Labute approximate surface area is 200 Å². The third kappa shape index (κ3) is 3.45. The zero-order valence-corrected chi connectivity index (χ0v) is 19.6. The number of carbonyl (C=O) groups excluding carboxylic acids is 1. The zero-order valence-electron chi connectivity index (χ0n) is 18.9. The van der Waals surface area contributed by atoms with Gasteiger partial charge in [-0.2, -0.15) is 0 Å². The van der Waals surface area contributed by atoms with Crippen molar-refractivity contribution >= 4 is 28.5 Å². The number of ether oxygens (including phenoxy) is 1. The molecule has 3 aliphatic rings. The van der Waals surface area contributed by atoms with Gasteiger partial charge in [-0.05, 0) is 56.2 Å². The summed E-state index contributed by atoms with van der Waals surface area (Å²) >= 11 is 6.53. The van der Waals surface area contributed by atoms with Crippen LogP contribution in [-0.2, 0) is 24.2 Å². The third-order valence-corrected chi connectivity index (χ3v) is 7.76. The van der Waals surface area contributed by atoms with Crippen LogP contribution in [0.1, 0.15) is 42.5 Å². The number of benzene rings is 1. The van der Waals surface area contributed by atoms with Crippen molar-refractivity contribution in [2.24, 2.45) is 5.92 Å². The molecular formula is C26H25ClN2O5. The van der Waals surface area contributed by atoms with Crippen molar-refractivity contribution in [3.05, 3.63) is 72.9 Å². The number of halogens is 1. The van der Waals surface area contributed by atoms with Crippen molar-refractivity contribution in [3.63, 3.8) is 0 Å². The molecule has 0 spiro atoms. The highest BCUT2D eigenvalue weighted by molar-refractivity contribution is 6.32. The molecule has 3 aromatic rings. The zero-order chi connectivity index (χ0) is 23.6. The van der Waals surface area contributed by atoms with Crippen LogP contribution in [0.2, 0.25) is 5.02 Å². The molecule has 1 unspecified atom stereocenters. The van der Waals surface area contributed by atoms with Crippen LogP contribution in [0.4, 0.5) is 0 Å². The van der Waals surface area contributed by atoms with Crippen molar-refractivity contribution in [1.29, 1.82) is 0 Å². The summed E-state index contributed by atoms with van der Waals surface area (Å²) in [5, 5.41) is 1.22. The van der Waals surface area contributed by atoms with Crippen molar-refractivity contribution < 1.29 is 13.9 Å². The Bertz CT molecular complexity index is 1440. The Morgan fingerprint density at radius 1 is 1.15 bits per heavy atom. The number of rotatable bonds is 3. The van der Waals surface area contributed by atoms with Gasteiger partial charge in [-0.15, -0.1) is 0 Å². The fraction of sp³-hybridized carbons (Fsp3) is 0.423. The summed E-state index contributed by atoms with van der Waals surface area (Å²) in [6.45, 7) is 3.49. The Hall–Kier alpha value is -3.06. The van der Waals surface area contributed by atoms with E-state index in [0.29, 0.717) is 36.0 Å². The smallest absolute Gasteiger partial charge is 0.339 e. The molecule has 34 heavy (non-hydrogen) atoms. The van der Waals surface area contributed by atoms with Gasteiger partial charge in [0.1, 0.15) is 11.3 Å². The lowest BCUT2D eigenvalue weighted by Gasteiger charge is -2.43. The molecule has 0 N–H and O–H groups in total. The first-order chi connectivity index (χ1) is 16.4. The van der Waals surface area contributed by atoms with Crippen LogP contribution in [0.5, 0.6) is 5.75 Å². The number of likely N-dealkylation sites (tertiary alicyclic amines) is 1. The van der Waals surface area contributed by atoms with E-state index in [1.54, 1.807) is 31.2 Å². The number of aryl methyl sites for hydroxylation is 1. The van der Waals surface area contributed by atoms with Crippen LogP contribution in [0.25, 0.3) is 11.0 Å². The van der Waals surface area contributed by atoms with Gasteiger partial charge in [0.15, 0.2) is 6.10 Å². The summed E-state index contributed by atoms with van der Waals surface area (Å²) in [6, 6.07) is 8.75. The van der Waals surface area contributed by atoms with Crippen molar-refractivity contribution in [1.82, 2.24) is 9.47 Å². The first-order valence-electron chi connectivity index (χ1n) is 11.8. The average Bonchev–Trinajstić information content (AvgIpc) is 3.31. The van der Waals surface area contributed by atoms with Gasteiger partial charge in [0, 0.05) is 54.3 Å². The second-order valence-corrected chi connectivity index (χ2v) is 10.1. The molecule has 6 rings (SSSR count). The second kappa shape index (κ2) is 8.01. The van der Waals surface area contributed by atoms with Gasteiger partial charge < -0.3 is 18.6 Å². The number of carbonyl (C=O) groups is 1. The molecule has 2 aromatic heterocycles. The van der Waals surface area contributed by atoms with Crippen LogP contribution in [-0.4, -0.2) is 34.6 Å². The maximum Gasteiger partial charge on any atom is 0.339 e. The van der Waals surface area contributed by atoms with Gasteiger partial charge in [0.05, 0.1) is 5.02 Å². The number of piperidine rings is 1. The number of amides is 1. The molecule has 1 saturated heterocycles. The summed E-state index contributed by atoms with van der Waals surface area (Å²) in [6.07, 6.45) is 2.70. The number of hydrogen-bond donors (Lipinski definition) is 0. The Morgan fingerprint density at radius 2 is 1.97 bits per heavy atom. The van der Waals surface area contributed by atoms with Crippen LogP contribution < -0.4 is 15.9 Å². The molecule has 0 radical (unpaired) electrons. The minimum absolute atomic E-state index is 0.0203. The largest absolute Gasteiger partial charge is 0.479 e. The molecule has 3 atom stereocenters. The highest BCUT2D eigenvalue weighted by atomic mass is 35.5. The monoisotopic (exact) mass is 480 g/mol. The maximum atomic E-state index is 13.3. The number of hydrogen-bond acceptors (Lipinski definition) is 5. The molecule has 1 aromatic carbocycles. The average molecular weight is 481 g/mol. The molecule has 1 amide bonds. The topological polar surface area (TPSA) is 81.8 Å². The first kappa shape index (κ1) is 21.5. The molecule has 1 fully saturated rings. The maximum absolute atomic E-state index is 13.3. The lowest BCUT2D eigenvalue weighted by molar-refractivity contribution is -0.140. The fourth-order valence-corrected chi connectivity index (χ4v) is 6.16. The quantitative estimate of drug-likeness (QED) is 0.536. The molecule has 2 aliphatic heterocycles. The molecule has 176 valence electrons. The van der Waals surface area contributed by atoms with Gasteiger partial charge in [-0.3, -0.25) is 9.59 Å². The predicted octanol–water partition coefficient (Wildman–Crippen LogP) is 3.51. The van der Waals surface area contributed by atoms with Gasteiger partial charge in [-0.25, -0.2) is 4.79 Å². The van der Waals surface area contributed by atoms with Crippen molar-refractivity contribution in [2.45, 2.75) is 51.2 Å². The van der Waals surface area contributed by atoms with E-state index in [0.717, 1.165) is 47.9 Å². The standard InChI is InChI=1S/C26H25ClN2O5/c1-14(25(31)28-11-15-8-16(13-28)21-6-3-7-24(30)29(21)12-15)33-23-10-22-19(9-20(23)27)17-4-2-5-18(17)26(32)34-22/h3,6-7,9-10,14-16H,2,4-5,8,11-13H2,1H3/t14?,15-,16+/m1/s1. The van der Waals surface area contributed by atoms with Gasteiger partial charge >= 0.3 is 5.63 Å². The number of aromatic nitrogens is 1. The SMILES string of the molecule is CC(Oc1cc2oc(=O)c3c(c2cc1Cl)CCC3)C(=O)N1C[C@H]2C[C@@H](C1)c1cccc(=O)n1C2. The lowest BCUT2D eigenvalue weighted by Crippen LogP contribution is -2.52. The molecular weight excluding hydrogens is 456 g/mol. The normalized spacial score (nSPS) is 21.8. The van der Waals surface area contributed by atoms with E-state index < -0.39 is 6.10 Å². The number of nitrogens with zero attached hydrogens (tertiary/aromatic N) is 2. The minimum Gasteiger partial charge on any atom is -0.479 e. The summed E-state index contributed by atoms with van der Waals surface area (Å²) in [7, 11) is 0. The molecule has 7 nitrogen and oxygen atoms in total. The first-order valence-corrected chi connectivity index (χ1v) is 12.2. The predicted molar refractivity (Wildman–Crippen MR) is 128 cm³/mol. The Kier molecular flexibility index (Phi) is 5.06. The minimum atomic E-state index is -0.757. The fourth-order valence-electron chi connectivity index (χ4n) is 5.95. The Morgan fingerprint density at radius 3 is 2.82 bits per heavy atom. The molecule has 1 aliphatic carbocycles. The van der Waals surface area contributed by atoms with E-state index in [9.17, 15) is 14.4 Å². The summed E-state index contributed by atoms with van der Waals surface area (Å²) < 4.78 is 13.4. The highest BCUT2D eigenvalue weighted by Gasteiger charge is 2.37. The van der Waals surface area contributed by atoms with Crippen LogP contribution in [0.15, 0.2) is 44.3 Å².